The third-order valence-electron chi connectivity index (χ3n) is 5.45. The summed E-state index contributed by atoms with van der Waals surface area (Å²) in [6.07, 6.45) is 2.71. The summed E-state index contributed by atoms with van der Waals surface area (Å²) >= 11 is 0. The maximum atomic E-state index is 14.8. The standard InChI is InChI=1S/C23H30BFN2O4/c1-21(2,3)29-20(28)27-14-17(24-30-22(4,5)23(6,7)31-24)12-16-11-15-9-8-10-26-19(15)13-18(16)25/h8-13H,14H2,1-7H3,(H,27,28). The van der Waals surface area contributed by atoms with Gasteiger partial charge in [-0.15, -0.1) is 0 Å². The molecule has 1 aliphatic heterocycles. The highest BCUT2D eigenvalue weighted by molar-refractivity contribution is 6.56. The summed E-state index contributed by atoms with van der Waals surface area (Å²) in [5.41, 5.74) is -0.275. The van der Waals surface area contributed by atoms with E-state index in [0.29, 0.717) is 16.6 Å². The van der Waals surface area contributed by atoms with Crippen molar-refractivity contribution in [3.8, 4) is 0 Å². The quantitative estimate of drug-likeness (QED) is 0.701. The average molecular weight is 428 g/mol. The van der Waals surface area contributed by atoms with Gasteiger partial charge in [-0.25, -0.2) is 9.18 Å². The highest BCUT2D eigenvalue weighted by atomic mass is 19.1. The Labute approximate surface area is 183 Å². The molecule has 1 saturated heterocycles. The van der Waals surface area contributed by atoms with E-state index in [2.05, 4.69) is 10.3 Å². The van der Waals surface area contributed by atoms with E-state index in [-0.39, 0.29) is 6.54 Å². The number of alkyl carbamates (subject to hydrolysis) is 1. The largest absolute Gasteiger partial charge is 0.492 e. The Kier molecular flexibility index (Phi) is 6.17. The number of benzene rings is 1. The average Bonchev–Trinajstić information content (AvgIpc) is 2.84. The minimum atomic E-state index is -0.746. The van der Waals surface area contributed by atoms with Crippen molar-refractivity contribution in [3.05, 3.63) is 47.3 Å². The van der Waals surface area contributed by atoms with Crippen LogP contribution in [0.4, 0.5) is 9.18 Å². The lowest BCUT2D eigenvalue weighted by Gasteiger charge is -2.32. The van der Waals surface area contributed by atoms with Gasteiger partial charge in [0.25, 0.3) is 0 Å². The van der Waals surface area contributed by atoms with E-state index in [0.717, 1.165) is 5.39 Å². The Hall–Kier alpha value is -2.45. The fourth-order valence-electron chi connectivity index (χ4n) is 3.11. The van der Waals surface area contributed by atoms with Gasteiger partial charge < -0.3 is 19.4 Å². The molecule has 1 fully saturated rings. The number of hydrogen-bond acceptors (Lipinski definition) is 5. The molecule has 0 saturated carbocycles. The Balaban J connectivity index is 1.94. The molecular weight excluding hydrogens is 398 g/mol. The van der Waals surface area contributed by atoms with Gasteiger partial charge in [0, 0.05) is 29.8 Å². The van der Waals surface area contributed by atoms with Crippen molar-refractivity contribution in [3.63, 3.8) is 0 Å². The van der Waals surface area contributed by atoms with Crippen molar-refractivity contribution in [2.24, 2.45) is 0 Å². The molecule has 0 aliphatic carbocycles. The van der Waals surface area contributed by atoms with Gasteiger partial charge >= 0.3 is 13.2 Å². The monoisotopic (exact) mass is 428 g/mol. The molecule has 0 atom stereocenters. The molecule has 0 spiro atoms. The molecule has 166 valence electrons. The summed E-state index contributed by atoms with van der Waals surface area (Å²) in [7, 11) is -0.746. The maximum absolute atomic E-state index is 14.8. The molecule has 6 nitrogen and oxygen atoms in total. The van der Waals surface area contributed by atoms with Crippen LogP contribution in [-0.4, -0.2) is 41.5 Å². The molecule has 2 aromatic rings. The van der Waals surface area contributed by atoms with Gasteiger partial charge in [-0.3, -0.25) is 4.98 Å². The number of fused-ring (bicyclic) bond motifs is 1. The number of carbonyl (C=O) groups is 1. The van der Waals surface area contributed by atoms with E-state index < -0.39 is 35.8 Å². The fourth-order valence-corrected chi connectivity index (χ4v) is 3.11. The third kappa shape index (κ3) is 5.43. The van der Waals surface area contributed by atoms with E-state index >= 15 is 0 Å². The lowest BCUT2D eigenvalue weighted by atomic mass is 9.77. The van der Waals surface area contributed by atoms with Gasteiger partial charge in [0.05, 0.1) is 16.7 Å². The second-order valence-corrected chi connectivity index (χ2v) is 9.73. The summed E-state index contributed by atoms with van der Waals surface area (Å²) in [5.74, 6) is -0.419. The van der Waals surface area contributed by atoms with Gasteiger partial charge in [0.15, 0.2) is 0 Å². The third-order valence-corrected chi connectivity index (χ3v) is 5.45. The van der Waals surface area contributed by atoms with Crippen LogP contribution in [0, 0.1) is 5.82 Å². The van der Waals surface area contributed by atoms with Crippen molar-refractivity contribution in [1.29, 1.82) is 0 Å². The molecule has 0 radical (unpaired) electrons. The summed E-state index contributed by atoms with van der Waals surface area (Å²) in [6.45, 7) is 13.2. The first kappa shape index (κ1) is 23.2. The van der Waals surface area contributed by atoms with Crippen LogP contribution < -0.4 is 5.32 Å². The molecule has 3 rings (SSSR count). The number of aromatic nitrogens is 1. The number of hydrogen-bond donors (Lipinski definition) is 1. The minimum Gasteiger partial charge on any atom is -0.444 e. The molecule has 1 amide bonds. The summed E-state index contributed by atoms with van der Waals surface area (Å²) < 4.78 is 32.4. The highest BCUT2D eigenvalue weighted by Crippen LogP contribution is 2.39. The lowest BCUT2D eigenvalue weighted by Crippen LogP contribution is -2.41. The van der Waals surface area contributed by atoms with Crippen molar-refractivity contribution >= 4 is 30.2 Å². The first-order chi connectivity index (χ1) is 14.3. The van der Waals surface area contributed by atoms with Crippen LogP contribution >= 0.6 is 0 Å². The van der Waals surface area contributed by atoms with Crippen molar-refractivity contribution in [2.45, 2.75) is 65.3 Å². The van der Waals surface area contributed by atoms with E-state index in [4.69, 9.17) is 14.0 Å². The molecule has 0 bridgehead atoms. The zero-order valence-electron chi connectivity index (χ0n) is 19.2. The van der Waals surface area contributed by atoms with Crippen LogP contribution in [0.1, 0.15) is 54.0 Å². The number of pyridine rings is 1. The number of nitrogens with zero attached hydrogens (tertiary/aromatic N) is 1. The lowest BCUT2D eigenvalue weighted by molar-refractivity contribution is 0.00578. The van der Waals surface area contributed by atoms with Crippen LogP contribution in [0.15, 0.2) is 35.9 Å². The SMILES string of the molecule is CC(C)(C)OC(=O)NCC(=Cc1cc2cccnc2cc1F)B1OC(C)(C)C(C)(C)O1. The van der Waals surface area contributed by atoms with Crippen LogP contribution in [0.3, 0.4) is 0 Å². The number of rotatable bonds is 4. The van der Waals surface area contributed by atoms with E-state index in [9.17, 15) is 9.18 Å². The number of ether oxygens (including phenoxy) is 1. The van der Waals surface area contributed by atoms with Crippen LogP contribution in [0.5, 0.6) is 0 Å². The second-order valence-electron chi connectivity index (χ2n) is 9.73. The maximum Gasteiger partial charge on any atom is 0.492 e. The number of halogens is 1. The first-order valence-corrected chi connectivity index (χ1v) is 10.3. The Morgan fingerprint density at radius 1 is 1.23 bits per heavy atom. The molecule has 2 heterocycles. The normalized spacial score (nSPS) is 18.3. The predicted molar refractivity (Wildman–Crippen MR) is 120 cm³/mol. The predicted octanol–water partition coefficient (Wildman–Crippen LogP) is 4.91. The molecule has 1 aliphatic rings. The summed E-state index contributed by atoms with van der Waals surface area (Å²) in [6, 6.07) is 6.78. The molecule has 0 unspecified atom stereocenters. The second kappa shape index (κ2) is 8.24. The minimum absolute atomic E-state index is 0.0796. The Morgan fingerprint density at radius 2 is 1.87 bits per heavy atom. The molecule has 31 heavy (non-hydrogen) atoms. The van der Waals surface area contributed by atoms with E-state index in [1.807, 2.05) is 33.8 Å². The number of amides is 1. The summed E-state index contributed by atoms with van der Waals surface area (Å²) in [4.78, 5) is 16.4. The molecule has 8 heteroatoms. The Bertz CT molecular complexity index is 998. The molecule has 1 aromatic heterocycles. The van der Waals surface area contributed by atoms with Gasteiger partial charge in [-0.2, -0.15) is 0 Å². The van der Waals surface area contributed by atoms with E-state index in [1.165, 1.54) is 6.07 Å². The smallest absolute Gasteiger partial charge is 0.444 e. The van der Waals surface area contributed by atoms with Crippen LogP contribution in [-0.2, 0) is 14.0 Å². The highest BCUT2D eigenvalue weighted by Gasteiger charge is 2.52. The van der Waals surface area contributed by atoms with Crippen LogP contribution in [0.2, 0.25) is 0 Å². The molecule has 1 N–H and O–H groups in total. The van der Waals surface area contributed by atoms with Crippen molar-refractivity contribution in [2.75, 3.05) is 6.54 Å². The van der Waals surface area contributed by atoms with Crippen molar-refractivity contribution < 1.29 is 23.2 Å². The first-order valence-electron chi connectivity index (χ1n) is 10.3. The van der Waals surface area contributed by atoms with Crippen LogP contribution in [0.25, 0.3) is 17.0 Å². The zero-order chi connectivity index (χ0) is 23.0. The van der Waals surface area contributed by atoms with Gasteiger partial charge in [0.1, 0.15) is 11.4 Å². The topological polar surface area (TPSA) is 69.7 Å². The molecular formula is C23H30BFN2O4. The number of nitrogens with one attached hydrogen (secondary N) is 1. The zero-order valence-corrected chi connectivity index (χ0v) is 19.2. The van der Waals surface area contributed by atoms with E-state index in [1.54, 1.807) is 45.2 Å². The van der Waals surface area contributed by atoms with Crippen molar-refractivity contribution in [1.82, 2.24) is 10.3 Å². The fraction of sp³-hybridized carbons (Fsp3) is 0.478. The van der Waals surface area contributed by atoms with Gasteiger partial charge in [-0.05, 0) is 66.1 Å². The number of carbonyl (C=O) groups excluding carboxylic acids is 1. The van der Waals surface area contributed by atoms with Gasteiger partial charge in [-0.1, -0.05) is 12.1 Å². The summed E-state index contributed by atoms with van der Waals surface area (Å²) in [5, 5.41) is 3.53. The van der Waals surface area contributed by atoms with Gasteiger partial charge in [0.2, 0.25) is 0 Å². The Morgan fingerprint density at radius 3 is 2.48 bits per heavy atom. The molecule has 1 aromatic carbocycles.